The fourth-order valence-electron chi connectivity index (χ4n) is 2.27. The van der Waals surface area contributed by atoms with Crippen molar-refractivity contribution >= 4 is 11.6 Å². The van der Waals surface area contributed by atoms with E-state index in [4.69, 9.17) is 4.74 Å². The molecule has 0 spiro atoms. The Morgan fingerprint density at radius 2 is 2.20 bits per heavy atom. The third kappa shape index (κ3) is 4.00. The van der Waals surface area contributed by atoms with E-state index in [9.17, 15) is 4.79 Å². The molecule has 0 atom stereocenters. The third-order valence-electron chi connectivity index (χ3n) is 3.48. The van der Waals surface area contributed by atoms with Gasteiger partial charge in [0.1, 0.15) is 12.4 Å². The molecule has 9 nitrogen and oxygen atoms in total. The number of nitrogens with zero attached hydrogens (tertiary/aromatic N) is 6. The lowest BCUT2D eigenvalue weighted by atomic mass is 10.2. The molecular formula is C16H19N7O2. The number of amides is 1. The molecule has 0 fully saturated rings. The van der Waals surface area contributed by atoms with Gasteiger partial charge < -0.3 is 10.1 Å². The van der Waals surface area contributed by atoms with E-state index in [1.54, 1.807) is 53.1 Å². The fourth-order valence-corrected chi connectivity index (χ4v) is 2.27. The van der Waals surface area contributed by atoms with Crippen LogP contribution < -0.4 is 10.1 Å². The fraction of sp³-hybridized carbons (Fsp3) is 0.312. The first-order chi connectivity index (χ1) is 12.0. The average Bonchev–Trinajstić information content (AvgIpc) is 3.22. The van der Waals surface area contributed by atoms with Gasteiger partial charge in [0, 0.05) is 18.8 Å². The van der Waals surface area contributed by atoms with Crippen LogP contribution in [0.1, 0.15) is 36.1 Å². The number of nitrogens with one attached hydrogen (secondary N) is 1. The summed E-state index contributed by atoms with van der Waals surface area (Å²) in [4.78, 5) is 12.3. The van der Waals surface area contributed by atoms with E-state index < -0.39 is 0 Å². The van der Waals surface area contributed by atoms with E-state index in [2.05, 4.69) is 25.9 Å². The van der Waals surface area contributed by atoms with E-state index in [0.717, 1.165) is 0 Å². The third-order valence-corrected chi connectivity index (χ3v) is 3.48. The normalized spacial score (nSPS) is 10.9. The number of benzene rings is 1. The zero-order valence-corrected chi connectivity index (χ0v) is 14.2. The lowest BCUT2D eigenvalue weighted by Gasteiger charge is -2.10. The van der Waals surface area contributed by atoms with Gasteiger partial charge in [0.05, 0.1) is 17.9 Å². The standard InChI is InChI=1S/C16H19N7O2/c1-11(2)23-15(19-20-21-23)10-25-14-6-4-5-12(7-14)16(24)18-13-8-17-22(3)9-13/h4-9,11H,10H2,1-3H3,(H,18,24). The Morgan fingerprint density at radius 3 is 2.92 bits per heavy atom. The Balaban J connectivity index is 1.66. The summed E-state index contributed by atoms with van der Waals surface area (Å²) in [5.74, 6) is 0.961. The van der Waals surface area contributed by atoms with Crippen molar-refractivity contribution in [1.29, 1.82) is 0 Å². The first-order valence-electron chi connectivity index (χ1n) is 7.82. The molecule has 25 heavy (non-hydrogen) atoms. The number of tetrazole rings is 1. The number of aromatic nitrogens is 6. The van der Waals surface area contributed by atoms with E-state index >= 15 is 0 Å². The van der Waals surface area contributed by atoms with Crippen LogP contribution in [0.2, 0.25) is 0 Å². The summed E-state index contributed by atoms with van der Waals surface area (Å²) in [6.07, 6.45) is 3.31. The van der Waals surface area contributed by atoms with Gasteiger partial charge in [-0.05, 0) is 42.5 Å². The average molecular weight is 341 g/mol. The molecule has 2 aromatic heterocycles. The van der Waals surface area contributed by atoms with Gasteiger partial charge in [-0.3, -0.25) is 9.48 Å². The number of carbonyl (C=O) groups is 1. The summed E-state index contributed by atoms with van der Waals surface area (Å²) < 4.78 is 9.04. The summed E-state index contributed by atoms with van der Waals surface area (Å²) in [5, 5.41) is 18.3. The molecule has 3 rings (SSSR count). The Bertz CT molecular complexity index is 869. The number of hydrogen-bond acceptors (Lipinski definition) is 6. The molecule has 1 aromatic carbocycles. The zero-order chi connectivity index (χ0) is 17.8. The minimum Gasteiger partial charge on any atom is -0.486 e. The van der Waals surface area contributed by atoms with Gasteiger partial charge in [-0.1, -0.05) is 6.07 Å². The van der Waals surface area contributed by atoms with Crippen molar-refractivity contribution in [2.24, 2.45) is 7.05 Å². The Morgan fingerprint density at radius 1 is 1.36 bits per heavy atom. The SMILES string of the molecule is CC(C)n1nnnc1COc1cccc(C(=O)Nc2cnn(C)c2)c1. The molecular weight excluding hydrogens is 322 g/mol. The maximum Gasteiger partial charge on any atom is 0.255 e. The number of hydrogen-bond donors (Lipinski definition) is 1. The van der Waals surface area contributed by atoms with Crippen molar-refractivity contribution in [3.05, 3.63) is 48.0 Å². The minimum absolute atomic E-state index is 0.144. The van der Waals surface area contributed by atoms with Gasteiger partial charge in [-0.25, -0.2) is 4.68 Å². The number of aryl methyl sites for hydroxylation is 1. The van der Waals surface area contributed by atoms with Crippen molar-refractivity contribution in [2.75, 3.05) is 5.32 Å². The van der Waals surface area contributed by atoms with Crippen molar-refractivity contribution in [1.82, 2.24) is 30.0 Å². The molecule has 2 heterocycles. The van der Waals surface area contributed by atoms with Gasteiger partial charge in [0.25, 0.3) is 5.91 Å². The highest BCUT2D eigenvalue weighted by Crippen LogP contribution is 2.17. The van der Waals surface area contributed by atoms with Gasteiger partial charge in [0.15, 0.2) is 5.82 Å². The molecule has 0 saturated heterocycles. The Hall–Kier alpha value is -3.23. The van der Waals surface area contributed by atoms with Crippen molar-refractivity contribution in [3.63, 3.8) is 0 Å². The van der Waals surface area contributed by atoms with Crippen LogP contribution in [0.25, 0.3) is 0 Å². The first-order valence-corrected chi connectivity index (χ1v) is 7.82. The molecule has 1 N–H and O–H groups in total. The lowest BCUT2D eigenvalue weighted by molar-refractivity contribution is 0.102. The van der Waals surface area contributed by atoms with Gasteiger partial charge >= 0.3 is 0 Å². The molecule has 0 unspecified atom stereocenters. The van der Waals surface area contributed by atoms with E-state index in [1.165, 1.54) is 0 Å². The highest BCUT2D eigenvalue weighted by molar-refractivity contribution is 6.04. The van der Waals surface area contributed by atoms with Crippen LogP contribution in [-0.4, -0.2) is 35.9 Å². The quantitative estimate of drug-likeness (QED) is 0.734. The van der Waals surface area contributed by atoms with E-state index in [0.29, 0.717) is 22.8 Å². The second-order valence-electron chi connectivity index (χ2n) is 5.81. The van der Waals surface area contributed by atoms with Crippen molar-refractivity contribution in [3.8, 4) is 5.75 Å². The van der Waals surface area contributed by atoms with Crippen LogP contribution in [0.15, 0.2) is 36.7 Å². The second-order valence-corrected chi connectivity index (χ2v) is 5.81. The van der Waals surface area contributed by atoms with Crippen LogP contribution in [0, 0.1) is 0 Å². The number of rotatable bonds is 6. The molecule has 0 aliphatic heterocycles. The molecule has 0 bridgehead atoms. The van der Waals surface area contributed by atoms with Crippen LogP contribution in [0.3, 0.4) is 0 Å². The predicted octanol–water partition coefficient (Wildman–Crippen LogP) is 1.82. The lowest BCUT2D eigenvalue weighted by Crippen LogP contribution is -2.12. The second kappa shape index (κ2) is 7.12. The summed E-state index contributed by atoms with van der Waals surface area (Å²) >= 11 is 0. The summed E-state index contributed by atoms with van der Waals surface area (Å²) in [7, 11) is 1.79. The number of ether oxygens (including phenoxy) is 1. The van der Waals surface area contributed by atoms with Crippen LogP contribution in [0.4, 0.5) is 5.69 Å². The van der Waals surface area contributed by atoms with Crippen LogP contribution in [0.5, 0.6) is 5.75 Å². The smallest absolute Gasteiger partial charge is 0.255 e. The molecule has 0 saturated carbocycles. The molecule has 0 radical (unpaired) electrons. The van der Waals surface area contributed by atoms with Crippen molar-refractivity contribution < 1.29 is 9.53 Å². The largest absolute Gasteiger partial charge is 0.486 e. The molecule has 1 amide bonds. The van der Waals surface area contributed by atoms with Gasteiger partial charge in [-0.15, -0.1) is 5.10 Å². The number of carbonyl (C=O) groups excluding carboxylic acids is 1. The molecule has 0 aliphatic rings. The Kier molecular flexibility index (Phi) is 4.73. The van der Waals surface area contributed by atoms with Gasteiger partial charge in [0.2, 0.25) is 0 Å². The summed E-state index contributed by atoms with van der Waals surface area (Å²) in [6.45, 7) is 4.20. The minimum atomic E-state index is -0.231. The monoisotopic (exact) mass is 341 g/mol. The maximum atomic E-state index is 12.3. The molecule has 9 heteroatoms. The molecule has 0 aliphatic carbocycles. The van der Waals surface area contributed by atoms with Crippen LogP contribution in [-0.2, 0) is 13.7 Å². The zero-order valence-electron chi connectivity index (χ0n) is 14.2. The van der Waals surface area contributed by atoms with E-state index in [1.807, 2.05) is 13.8 Å². The Labute approximate surface area is 144 Å². The maximum absolute atomic E-state index is 12.3. The van der Waals surface area contributed by atoms with Crippen molar-refractivity contribution in [2.45, 2.75) is 26.5 Å². The topological polar surface area (TPSA) is 99.8 Å². The highest BCUT2D eigenvalue weighted by atomic mass is 16.5. The predicted molar refractivity (Wildman–Crippen MR) is 90.1 cm³/mol. The summed E-state index contributed by atoms with van der Waals surface area (Å²) in [5.41, 5.74) is 1.12. The number of anilines is 1. The molecule has 3 aromatic rings. The van der Waals surface area contributed by atoms with Gasteiger partial charge in [-0.2, -0.15) is 5.10 Å². The molecule has 130 valence electrons. The van der Waals surface area contributed by atoms with E-state index in [-0.39, 0.29) is 18.6 Å². The first kappa shape index (κ1) is 16.6. The summed E-state index contributed by atoms with van der Waals surface area (Å²) in [6, 6.07) is 7.08. The van der Waals surface area contributed by atoms with Crippen LogP contribution >= 0.6 is 0 Å². The highest BCUT2D eigenvalue weighted by Gasteiger charge is 2.11.